The van der Waals surface area contributed by atoms with Crippen molar-refractivity contribution >= 4 is 0 Å². The van der Waals surface area contributed by atoms with Crippen LogP contribution in [0.25, 0.3) is 11.5 Å². The summed E-state index contributed by atoms with van der Waals surface area (Å²) < 4.78 is 5.38. The second kappa shape index (κ2) is 5.13. The van der Waals surface area contributed by atoms with E-state index in [1.165, 1.54) is 19.3 Å². The summed E-state index contributed by atoms with van der Waals surface area (Å²) >= 11 is 0. The highest BCUT2D eigenvalue weighted by atomic mass is 16.5. The van der Waals surface area contributed by atoms with Crippen LogP contribution in [0, 0.1) is 5.92 Å². The van der Waals surface area contributed by atoms with Crippen LogP contribution in [0.15, 0.2) is 28.8 Å². The number of aromatic nitrogens is 2. The van der Waals surface area contributed by atoms with Crippen molar-refractivity contribution in [3.05, 3.63) is 35.7 Å². The zero-order valence-electron chi connectivity index (χ0n) is 11.2. The number of nitrogens with two attached hydrogens (primary N) is 1. The van der Waals surface area contributed by atoms with E-state index in [1.807, 2.05) is 24.3 Å². The molecule has 2 N–H and O–H groups in total. The lowest BCUT2D eigenvalue weighted by atomic mass is 10.1. The molecule has 0 spiro atoms. The summed E-state index contributed by atoms with van der Waals surface area (Å²) in [5.41, 5.74) is 7.65. The normalized spacial score (nSPS) is 22.8. The Hall–Kier alpha value is -1.68. The van der Waals surface area contributed by atoms with Gasteiger partial charge in [0, 0.05) is 18.0 Å². The van der Waals surface area contributed by atoms with Crippen LogP contribution in [0.3, 0.4) is 0 Å². The third kappa shape index (κ3) is 2.54. The van der Waals surface area contributed by atoms with Crippen LogP contribution in [0.5, 0.6) is 0 Å². The molecule has 1 aromatic heterocycles. The Balaban J connectivity index is 1.80. The number of hydrogen-bond donors (Lipinski definition) is 1. The van der Waals surface area contributed by atoms with Crippen LogP contribution in [-0.2, 0) is 6.54 Å². The molecule has 0 radical (unpaired) electrons. The maximum Gasteiger partial charge on any atom is 0.257 e. The predicted octanol–water partition coefficient (Wildman–Crippen LogP) is 3.10. The average Bonchev–Trinajstić information content (AvgIpc) is 3.07. The Morgan fingerprint density at radius 3 is 2.68 bits per heavy atom. The average molecular weight is 257 g/mol. The first-order chi connectivity index (χ1) is 9.26. The van der Waals surface area contributed by atoms with E-state index in [1.54, 1.807) is 0 Å². The minimum atomic E-state index is 0.468. The van der Waals surface area contributed by atoms with Gasteiger partial charge in [0.1, 0.15) is 0 Å². The molecule has 0 bridgehead atoms. The van der Waals surface area contributed by atoms with Gasteiger partial charge >= 0.3 is 0 Å². The van der Waals surface area contributed by atoms with E-state index in [0.29, 0.717) is 18.4 Å². The molecule has 1 aliphatic rings. The summed E-state index contributed by atoms with van der Waals surface area (Å²) in [6.45, 7) is 2.84. The van der Waals surface area contributed by atoms with Gasteiger partial charge in [0.05, 0.1) is 0 Å². The van der Waals surface area contributed by atoms with Gasteiger partial charge in [-0.25, -0.2) is 0 Å². The van der Waals surface area contributed by atoms with Crippen molar-refractivity contribution in [1.29, 1.82) is 0 Å². The first kappa shape index (κ1) is 12.4. The van der Waals surface area contributed by atoms with E-state index < -0.39 is 0 Å². The van der Waals surface area contributed by atoms with E-state index in [-0.39, 0.29) is 0 Å². The van der Waals surface area contributed by atoms with E-state index in [2.05, 4.69) is 17.1 Å². The first-order valence-electron chi connectivity index (χ1n) is 6.89. The minimum absolute atomic E-state index is 0.468. The van der Waals surface area contributed by atoms with Crippen molar-refractivity contribution in [2.75, 3.05) is 0 Å². The van der Waals surface area contributed by atoms with Crippen molar-refractivity contribution in [2.24, 2.45) is 11.7 Å². The van der Waals surface area contributed by atoms with Crippen molar-refractivity contribution < 1.29 is 4.52 Å². The molecule has 1 heterocycles. The molecule has 1 saturated carbocycles. The van der Waals surface area contributed by atoms with Crippen LogP contribution < -0.4 is 5.73 Å². The van der Waals surface area contributed by atoms with E-state index >= 15 is 0 Å². The molecule has 4 nitrogen and oxygen atoms in total. The van der Waals surface area contributed by atoms with E-state index in [9.17, 15) is 0 Å². The molecule has 3 rings (SSSR count). The molecule has 2 unspecified atom stereocenters. The van der Waals surface area contributed by atoms with Gasteiger partial charge in [-0.15, -0.1) is 0 Å². The minimum Gasteiger partial charge on any atom is -0.334 e. The predicted molar refractivity (Wildman–Crippen MR) is 73.4 cm³/mol. The summed E-state index contributed by atoms with van der Waals surface area (Å²) in [7, 11) is 0. The third-order valence-electron chi connectivity index (χ3n) is 3.94. The van der Waals surface area contributed by atoms with Crippen LogP contribution in [0.2, 0.25) is 0 Å². The maximum atomic E-state index is 5.59. The largest absolute Gasteiger partial charge is 0.334 e. The molecular formula is C15H19N3O. The second-order valence-corrected chi connectivity index (χ2v) is 5.47. The monoisotopic (exact) mass is 257 g/mol. The standard InChI is InChI=1S/C15H19N3O/c1-10-2-5-13(8-10)14-17-15(19-18-14)12-6-3-11(9-16)4-7-12/h3-4,6-7,10,13H,2,5,8-9,16H2,1H3. The summed E-state index contributed by atoms with van der Waals surface area (Å²) in [6.07, 6.45) is 3.61. The molecule has 1 fully saturated rings. The van der Waals surface area contributed by atoms with Gasteiger partial charge < -0.3 is 10.3 Å². The van der Waals surface area contributed by atoms with Gasteiger partial charge in [0.25, 0.3) is 5.89 Å². The Labute approximate surface area is 113 Å². The van der Waals surface area contributed by atoms with Crippen LogP contribution in [-0.4, -0.2) is 10.1 Å². The quantitative estimate of drug-likeness (QED) is 0.917. The maximum absolute atomic E-state index is 5.59. The molecule has 0 amide bonds. The SMILES string of the molecule is CC1CCC(c2noc(-c3ccc(CN)cc3)n2)C1. The van der Waals surface area contributed by atoms with Gasteiger partial charge in [-0.1, -0.05) is 24.2 Å². The van der Waals surface area contributed by atoms with Gasteiger partial charge in [-0.2, -0.15) is 4.98 Å². The Kier molecular flexibility index (Phi) is 3.34. The number of hydrogen-bond acceptors (Lipinski definition) is 4. The molecule has 1 aromatic carbocycles. The summed E-state index contributed by atoms with van der Waals surface area (Å²) in [5.74, 6) is 2.71. The van der Waals surface area contributed by atoms with Crippen LogP contribution in [0.4, 0.5) is 0 Å². The highest BCUT2D eigenvalue weighted by molar-refractivity contribution is 5.53. The van der Waals surface area contributed by atoms with Gasteiger partial charge in [0.2, 0.25) is 0 Å². The lowest BCUT2D eigenvalue weighted by Gasteiger charge is -2.01. The molecular weight excluding hydrogens is 238 g/mol. The molecule has 0 saturated heterocycles. The first-order valence-corrected chi connectivity index (χ1v) is 6.89. The fourth-order valence-corrected chi connectivity index (χ4v) is 2.74. The van der Waals surface area contributed by atoms with Gasteiger partial charge in [0.15, 0.2) is 5.82 Å². The van der Waals surface area contributed by atoms with Crippen molar-refractivity contribution in [1.82, 2.24) is 10.1 Å². The highest BCUT2D eigenvalue weighted by Gasteiger charge is 2.26. The van der Waals surface area contributed by atoms with E-state index in [0.717, 1.165) is 22.9 Å². The lowest BCUT2D eigenvalue weighted by Crippen LogP contribution is -1.96. The van der Waals surface area contributed by atoms with Gasteiger partial charge in [-0.05, 0) is 42.9 Å². The lowest BCUT2D eigenvalue weighted by molar-refractivity contribution is 0.414. The fraction of sp³-hybridized carbons (Fsp3) is 0.467. The zero-order chi connectivity index (χ0) is 13.2. The molecule has 1 aliphatic carbocycles. The molecule has 2 atom stereocenters. The smallest absolute Gasteiger partial charge is 0.257 e. The molecule has 2 aromatic rings. The molecule has 4 heteroatoms. The van der Waals surface area contributed by atoms with E-state index in [4.69, 9.17) is 10.3 Å². The van der Waals surface area contributed by atoms with Crippen LogP contribution >= 0.6 is 0 Å². The van der Waals surface area contributed by atoms with Gasteiger partial charge in [-0.3, -0.25) is 0 Å². The van der Waals surface area contributed by atoms with Crippen molar-refractivity contribution in [3.63, 3.8) is 0 Å². The van der Waals surface area contributed by atoms with Crippen molar-refractivity contribution in [3.8, 4) is 11.5 Å². The zero-order valence-corrected chi connectivity index (χ0v) is 11.2. The molecule has 0 aliphatic heterocycles. The Morgan fingerprint density at radius 1 is 1.26 bits per heavy atom. The molecule has 19 heavy (non-hydrogen) atoms. The number of benzene rings is 1. The summed E-state index contributed by atoms with van der Waals surface area (Å²) in [6, 6.07) is 7.96. The third-order valence-corrected chi connectivity index (χ3v) is 3.94. The topological polar surface area (TPSA) is 64.9 Å². The fourth-order valence-electron chi connectivity index (χ4n) is 2.74. The number of nitrogens with zero attached hydrogens (tertiary/aromatic N) is 2. The van der Waals surface area contributed by atoms with Crippen LogP contribution in [0.1, 0.15) is 43.5 Å². The summed E-state index contributed by atoms with van der Waals surface area (Å²) in [4.78, 5) is 4.54. The van der Waals surface area contributed by atoms with Crippen molar-refractivity contribution in [2.45, 2.75) is 38.6 Å². The Bertz CT molecular complexity index is 547. The highest BCUT2D eigenvalue weighted by Crippen LogP contribution is 2.37. The second-order valence-electron chi connectivity index (χ2n) is 5.47. The molecule has 100 valence electrons. The number of rotatable bonds is 3. The Morgan fingerprint density at radius 2 is 2.05 bits per heavy atom. The summed E-state index contributed by atoms with van der Waals surface area (Å²) in [5, 5.41) is 4.14.